The molecule has 168 valence electrons. The van der Waals surface area contributed by atoms with Gasteiger partial charge in [0, 0.05) is 24.2 Å². The summed E-state index contributed by atoms with van der Waals surface area (Å²) in [6.45, 7) is 5.65. The Morgan fingerprint density at radius 3 is 2.45 bits per heavy atom. The molecular formula is C21H27N3O5S2. The number of anilines is 1. The zero-order chi connectivity index (χ0) is 22.9. The van der Waals surface area contributed by atoms with Crippen molar-refractivity contribution in [3.8, 4) is 0 Å². The van der Waals surface area contributed by atoms with Crippen molar-refractivity contribution in [2.24, 2.45) is 0 Å². The molecule has 10 heteroatoms. The number of benzene rings is 2. The molecule has 31 heavy (non-hydrogen) atoms. The van der Waals surface area contributed by atoms with Gasteiger partial charge >= 0.3 is 0 Å². The van der Waals surface area contributed by atoms with Gasteiger partial charge in [-0.15, -0.1) is 0 Å². The van der Waals surface area contributed by atoms with E-state index in [1.165, 1.54) is 16.4 Å². The Morgan fingerprint density at radius 2 is 1.81 bits per heavy atom. The smallest absolute Gasteiger partial charge is 0.251 e. The first kappa shape index (κ1) is 23.2. The minimum atomic E-state index is -3.77. The van der Waals surface area contributed by atoms with Crippen LogP contribution in [0.3, 0.4) is 0 Å². The number of rotatable bonds is 6. The zero-order valence-corrected chi connectivity index (χ0v) is 19.4. The lowest BCUT2D eigenvalue weighted by Gasteiger charge is -2.21. The van der Waals surface area contributed by atoms with Gasteiger partial charge in [0.25, 0.3) is 5.91 Å². The number of carbonyl (C=O) groups is 1. The summed E-state index contributed by atoms with van der Waals surface area (Å²) in [7, 11) is -7.11. The maximum atomic E-state index is 12.7. The molecule has 1 saturated heterocycles. The second kappa shape index (κ2) is 8.60. The third-order valence-electron chi connectivity index (χ3n) is 4.64. The summed E-state index contributed by atoms with van der Waals surface area (Å²) in [6, 6.07) is 12.9. The maximum absolute atomic E-state index is 12.7. The van der Waals surface area contributed by atoms with Gasteiger partial charge in [0.2, 0.25) is 20.0 Å². The van der Waals surface area contributed by atoms with Crippen LogP contribution in [-0.2, 0) is 26.6 Å². The van der Waals surface area contributed by atoms with Crippen LogP contribution in [0.2, 0.25) is 0 Å². The minimum Gasteiger partial charge on any atom is -0.348 e. The summed E-state index contributed by atoms with van der Waals surface area (Å²) in [5, 5.41) is 2.73. The van der Waals surface area contributed by atoms with E-state index in [9.17, 15) is 21.6 Å². The highest BCUT2D eigenvalue weighted by Crippen LogP contribution is 2.25. The molecule has 0 aliphatic carbocycles. The van der Waals surface area contributed by atoms with E-state index in [4.69, 9.17) is 0 Å². The fourth-order valence-corrected chi connectivity index (χ4v) is 6.60. The van der Waals surface area contributed by atoms with E-state index in [1.54, 1.807) is 57.2 Å². The molecule has 1 fully saturated rings. The van der Waals surface area contributed by atoms with Crippen molar-refractivity contribution < 1.29 is 21.6 Å². The Labute approximate surface area is 183 Å². The number of sulfonamides is 2. The van der Waals surface area contributed by atoms with Crippen LogP contribution < -0.4 is 14.3 Å². The SMILES string of the molecule is CC(C)(C)NS(=O)(=O)c1ccccc1CNC(=O)c1cccc(N2CCCS2(=O)=O)c1. The van der Waals surface area contributed by atoms with Crippen molar-refractivity contribution in [1.82, 2.24) is 10.0 Å². The molecule has 2 aromatic carbocycles. The van der Waals surface area contributed by atoms with Crippen LogP contribution in [0.4, 0.5) is 5.69 Å². The highest BCUT2D eigenvalue weighted by atomic mass is 32.2. The zero-order valence-electron chi connectivity index (χ0n) is 17.8. The number of nitrogens with one attached hydrogen (secondary N) is 2. The molecule has 0 bridgehead atoms. The molecule has 0 radical (unpaired) electrons. The van der Waals surface area contributed by atoms with Crippen LogP contribution >= 0.6 is 0 Å². The fraction of sp³-hybridized carbons (Fsp3) is 0.381. The van der Waals surface area contributed by atoms with Crippen LogP contribution in [0.1, 0.15) is 43.1 Å². The Balaban J connectivity index is 1.78. The van der Waals surface area contributed by atoms with E-state index in [0.29, 0.717) is 29.8 Å². The predicted molar refractivity (Wildman–Crippen MR) is 120 cm³/mol. The molecule has 2 N–H and O–H groups in total. The van der Waals surface area contributed by atoms with Crippen molar-refractivity contribution in [2.75, 3.05) is 16.6 Å². The van der Waals surface area contributed by atoms with Crippen LogP contribution in [0.25, 0.3) is 0 Å². The van der Waals surface area contributed by atoms with E-state index in [1.807, 2.05) is 0 Å². The lowest BCUT2D eigenvalue weighted by Crippen LogP contribution is -2.41. The van der Waals surface area contributed by atoms with Gasteiger partial charge in [-0.3, -0.25) is 9.10 Å². The van der Waals surface area contributed by atoms with E-state index in [0.717, 1.165) is 0 Å². The number of nitrogens with zero attached hydrogens (tertiary/aromatic N) is 1. The third-order valence-corrected chi connectivity index (χ3v) is 8.37. The lowest BCUT2D eigenvalue weighted by molar-refractivity contribution is 0.0950. The van der Waals surface area contributed by atoms with Gasteiger partial charge in [0.05, 0.1) is 16.3 Å². The van der Waals surface area contributed by atoms with Crippen LogP contribution in [-0.4, -0.2) is 40.6 Å². The lowest BCUT2D eigenvalue weighted by atomic mass is 10.1. The predicted octanol–water partition coefficient (Wildman–Crippen LogP) is 2.23. The third kappa shape index (κ3) is 5.63. The number of carbonyl (C=O) groups excluding carboxylic acids is 1. The Bertz CT molecular complexity index is 1190. The molecular weight excluding hydrogens is 438 g/mol. The van der Waals surface area contributed by atoms with Gasteiger partial charge in [-0.1, -0.05) is 24.3 Å². The van der Waals surface area contributed by atoms with Gasteiger partial charge in [0.15, 0.2) is 0 Å². The van der Waals surface area contributed by atoms with Crippen molar-refractivity contribution in [2.45, 2.75) is 44.2 Å². The van der Waals surface area contributed by atoms with E-state index >= 15 is 0 Å². The van der Waals surface area contributed by atoms with Crippen molar-refractivity contribution >= 4 is 31.6 Å². The molecule has 0 saturated carbocycles. The van der Waals surface area contributed by atoms with Gasteiger partial charge in [0.1, 0.15) is 0 Å². The number of amides is 1. The summed E-state index contributed by atoms with van der Waals surface area (Å²) in [6.07, 6.45) is 0.548. The molecule has 1 aliphatic rings. The maximum Gasteiger partial charge on any atom is 0.251 e. The molecule has 0 unspecified atom stereocenters. The molecule has 1 amide bonds. The van der Waals surface area contributed by atoms with Crippen LogP contribution in [0.15, 0.2) is 53.4 Å². The van der Waals surface area contributed by atoms with Crippen molar-refractivity contribution in [1.29, 1.82) is 0 Å². The highest BCUT2D eigenvalue weighted by molar-refractivity contribution is 7.93. The average molecular weight is 466 g/mol. The highest BCUT2D eigenvalue weighted by Gasteiger charge is 2.29. The summed E-state index contributed by atoms with van der Waals surface area (Å²) in [5.41, 5.74) is 0.548. The second-order valence-corrected chi connectivity index (χ2v) is 12.1. The Kier molecular flexibility index (Phi) is 6.45. The molecule has 3 rings (SSSR count). The van der Waals surface area contributed by atoms with E-state index in [-0.39, 0.29) is 17.2 Å². The van der Waals surface area contributed by atoms with Crippen molar-refractivity contribution in [3.63, 3.8) is 0 Å². The molecule has 0 aromatic heterocycles. The molecule has 0 spiro atoms. The van der Waals surface area contributed by atoms with Gasteiger partial charge in [-0.05, 0) is 57.0 Å². The number of hydrogen-bond acceptors (Lipinski definition) is 5. The fourth-order valence-electron chi connectivity index (χ4n) is 3.38. The summed E-state index contributed by atoms with van der Waals surface area (Å²) in [5.74, 6) is -0.327. The first-order valence-corrected chi connectivity index (χ1v) is 13.0. The second-order valence-electron chi connectivity index (χ2n) is 8.44. The van der Waals surface area contributed by atoms with Crippen LogP contribution in [0, 0.1) is 0 Å². The number of hydrogen-bond donors (Lipinski definition) is 2. The molecule has 1 heterocycles. The van der Waals surface area contributed by atoms with Gasteiger partial charge in [-0.2, -0.15) is 0 Å². The normalized spacial score (nSPS) is 16.3. The largest absolute Gasteiger partial charge is 0.348 e. The van der Waals surface area contributed by atoms with Crippen LogP contribution in [0.5, 0.6) is 0 Å². The quantitative estimate of drug-likeness (QED) is 0.679. The molecule has 0 atom stereocenters. The minimum absolute atomic E-state index is 0.00625. The van der Waals surface area contributed by atoms with E-state index in [2.05, 4.69) is 10.0 Å². The monoisotopic (exact) mass is 465 g/mol. The Morgan fingerprint density at radius 1 is 1.10 bits per heavy atom. The molecule has 8 nitrogen and oxygen atoms in total. The summed E-state index contributed by atoms with van der Waals surface area (Å²) < 4.78 is 53.7. The van der Waals surface area contributed by atoms with Crippen molar-refractivity contribution in [3.05, 3.63) is 59.7 Å². The van der Waals surface area contributed by atoms with E-state index < -0.39 is 31.5 Å². The summed E-state index contributed by atoms with van der Waals surface area (Å²) >= 11 is 0. The molecule has 1 aliphatic heterocycles. The van der Waals surface area contributed by atoms with Gasteiger partial charge in [-0.25, -0.2) is 21.6 Å². The van der Waals surface area contributed by atoms with Gasteiger partial charge < -0.3 is 5.32 Å². The topological polar surface area (TPSA) is 113 Å². The first-order valence-electron chi connectivity index (χ1n) is 9.90. The average Bonchev–Trinajstić information content (AvgIpc) is 3.03. The first-order chi connectivity index (χ1) is 14.4. The molecule has 2 aromatic rings. The Hall–Kier alpha value is -2.43. The summed E-state index contributed by atoms with van der Waals surface area (Å²) in [4.78, 5) is 12.8. The standard InChI is InChI=1S/C21H27N3O5S2/c1-21(2,3)23-31(28,29)19-11-5-4-8-17(19)15-22-20(25)16-9-6-10-18(14-16)24-12-7-13-30(24,26)27/h4-6,8-11,14,23H,7,12-13,15H2,1-3H3,(H,22,25).